The summed E-state index contributed by atoms with van der Waals surface area (Å²) in [5, 5.41) is 4.20. The Morgan fingerprint density at radius 2 is 1.94 bits per heavy atom. The van der Waals surface area contributed by atoms with Gasteiger partial charge in [-0.2, -0.15) is 0 Å². The van der Waals surface area contributed by atoms with Crippen molar-refractivity contribution < 1.29 is 0 Å². The molecule has 2 nitrogen and oxygen atoms in total. The zero-order chi connectivity index (χ0) is 11.5. The highest BCUT2D eigenvalue weighted by Crippen LogP contribution is 2.27. The molecule has 0 fully saturated rings. The van der Waals surface area contributed by atoms with Crippen molar-refractivity contribution in [1.29, 1.82) is 0 Å². The molecule has 6 heteroatoms. The first-order valence-electron chi connectivity index (χ1n) is 4.44. The molecular formula is C10H7BrClNOS2. The normalized spacial score (nSPS) is 10.4. The molecule has 0 bridgehead atoms. The van der Waals surface area contributed by atoms with Gasteiger partial charge in [-0.15, -0.1) is 0 Å². The van der Waals surface area contributed by atoms with Gasteiger partial charge < -0.3 is 5.32 Å². The van der Waals surface area contributed by atoms with Crippen LogP contribution in [0.1, 0.15) is 5.56 Å². The van der Waals surface area contributed by atoms with Crippen molar-refractivity contribution in [3.05, 3.63) is 48.9 Å². The van der Waals surface area contributed by atoms with Crippen molar-refractivity contribution in [2.24, 2.45) is 0 Å². The van der Waals surface area contributed by atoms with Crippen LogP contribution in [-0.2, 0) is 6.54 Å². The Kier molecular flexibility index (Phi) is 4.02. The lowest BCUT2D eigenvalue weighted by Crippen LogP contribution is -1.99. The predicted octanol–water partition coefficient (Wildman–Crippen LogP) is 4.20. The van der Waals surface area contributed by atoms with Gasteiger partial charge in [0.25, 0.3) is 4.74 Å². The van der Waals surface area contributed by atoms with E-state index in [0.717, 1.165) is 25.4 Å². The summed E-state index contributed by atoms with van der Waals surface area (Å²) in [6.45, 7) is 0.666. The fourth-order valence-electron chi connectivity index (χ4n) is 1.14. The molecule has 0 saturated carbocycles. The molecule has 0 aliphatic carbocycles. The Morgan fingerprint density at radius 3 is 2.50 bits per heavy atom. The number of benzene rings is 1. The molecule has 1 aromatic carbocycles. The highest BCUT2D eigenvalue weighted by atomic mass is 79.9. The second kappa shape index (κ2) is 5.31. The summed E-state index contributed by atoms with van der Waals surface area (Å²) in [5.74, 6) is 0. The lowest BCUT2D eigenvalue weighted by Gasteiger charge is -2.03. The van der Waals surface area contributed by atoms with Gasteiger partial charge in [0.1, 0.15) is 10.0 Å². The average molecular weight is 337 g/mol. The van der Waals surface area contributed by atoms with Gasteiger partial charge in [-0.25, -0.2) is 0 Å². The van der Waals surface area contributed by atoms with E-state index in [4.69, 9.17) is 11.6 Å². The van der Waals surface area contributed by atoms with Crippen molar-refractivity contribution in [3.8, 4) is 0 Å². The molecule has 0 atom stereocenters. The van der Waals surface area contributed by atoms with Gasteiger partial charge in [0.2, 0.25) is 0 Å². The van der Waals surface area contributed by atoms with Crippen LogP contribution < -0.4 is 10.1 Å². The van der Waals surface area contributed by atoms with Crippen LogP contribution in [0, 0.1) is 0 Å². The lowest BCUT2D eigenvalue weighted by molar-refractivity contribution is 1.16. The van der Waals surface area contributed by atoms with E-state index in [2.05, 4.69) is 21.2 Å². The third-order valence-electron chi connectivity index (χ3n) is 1.95. The van der Waals surface area contributed by atoms with Crippen molar-refractivity contribution in [2.45, 2.75) is 6.54 Å². The molecule has 1 N–H and O–H groups in total. The molecule has 0 unspecified atom stereocenters. The Bertz CT molecular complexity index is 534. The van der Waals surface area contributed by atoms with Crippen LogP contribution in [0.15, 0.2) is 33.5 Å². The molecule has 1 aromatic heterocycles. The number of halogens is 2. The van der Waals surface area contributed by atoms with Gasteiger partial charge in [-0.05, 0) is 28.0 Å². The molecule has 84 valence electrons. The Morgan fingerprint density at radius 1 is 1.25 bits per heavy atom. The van der Waals surface area contributed by atoms with E-state index in [1.165, 1.54) is 10.3 Å². The van der Waals surface area contributed by atoms with Crippen molar-refractivity contribution in [1.82, 2.24) is 0 Å². The topological polar surface area (TPSA) is 29.1 Å². The molecule has 2 aromatic rings. The van der Waals surface area contributed by atoms with E-state index >= 15 is 0 Å². The first kappa shape index (κ1) is 12.1. The molecule has 0 radical (unpaired) electrons. The highest BCUT2D eigenvalue weighted by molar-refractivity contribution is 9.10. The third kappa shape index (κ3) is 2.85. The van der Waals surface area contributed by atoms with Crippen LogP contribution in [-0.4, -0.2) is 0 Å². The van der Waals surface area contributed by atoms with E-state index in [1.54, 1.807) is 0 Å². The molecule has 0 amide bonds. The van der Waals surface area contributed by atoms with Crippen LogP contribution in [0.5, 0.6) is 0 Å². The SMILES string of the molecule is O=c1ssc(NCc2ccc(Br)cc2)c1Cl. The smallest absolute Gasteiger partial charge is 0.263 e. The standard InChI is InChI=1S/C10H7BrClNOS2/c11-7-3-1-6(2-4-7)5-13-9-8(12)10(14)16-15-9/h1-4,13H,5H2. The Labute approximate surface area is 113 Å². The largest absolute Gasteiger partial charge is 0.371 e. The minimum Gasteiger partial charge on any atom is -0.371 e. The fourth-order valence-corrected chi connectivity index (χ4v) is 3.82. The minimum absolute atomic E-state index is 0.0787. The second-order valence-electron chi connectivity index (χ2n) is 3.08. The maximum Gasteiger partial charge on any atom is 0.263 e. The minimum atomic E-state index is -0.0787. The second-order valence-corrected chi connectivity index (χ2v) is 6.48. The molecule has 2 rings (SSSR count). The van der Waals surface area contributed by atoms with Gasteiger partial charge in [0, 0.05) is 11.0 Å². The molecular weight excluding hydrogens is 330 g/mol. The van der Waals surface area contributed by atoms with Crippen LogP contribution in [0.4, 0.5) is 5.00 Å². The van der Waals surface area contributed by atoms with Crippen LogP contribution in [0.2, 0.25) is 5.02 Å². The summed E-state index contributed by atoms with van der Waals surface area (Å²) in [5.41, 5.74) is 1.14. The van der Waals surface area contributed by atoms with Gasteiger partial charge in [-0.3, -0.25) is 4.79 Å². The quantitative estimate of drug-likeness (QED) is 0.851. The Balaban J connectivity index is 2.05. The first-order valence-corrected chi connectivity index (χ1v) is 7.76. The molecule has 0 spiro atoms. The first-order chi connectivity index (χ1) is 7.66. The van der Waals surface area contributed by atoms with Gasteiger partial charge in [0.15, 0.2) is 0 Å². The molecule has 1 heterocycles. The van der Waals surface area contributed by atoms with Gasteiger partial charge in [-0.1, -0.05) is 50.0 Å². The summed E-state index contributed by atoms with van der Waals surface area (Å²) in [4.78, 5) is 11.1. The van der Waals surface area contributed by atoms with Crippen molar-refractivity contribution >= 4 is 53.2 Å². The summed E-state index contributed by atoms with van der Waals surface area (Å²) in [6.07, 6.45) is 0. The van der Waals surface area contributed by atoms with Crippen LogP contribution in [0.25, 0.3) is 0 Å². The highest BCUT2D eigenvalue weighted by Gasteiger charge is 2.07. The van der Waals surface area contributed by atoms with E-state index in [0.29, 0.717) is 11.6 Å². The molecule has 0 saturated heterocycles. The van der Waals surface area contributed by atoms with E-state index in [-0.39, 0.29) is 4.74 Å². The van der Waals surface area contributed by atoms with E-state index in [9.17, 15) is 4.79 Å². The average Bonchev–Trinajstić information content (AvgIpc) is 2.60. The van der Waals surface area contributed by atoms with E-state index in [1.807, 2.05) is 24.3 Å². The maximum atomic E-state index is 11.1. The number of rotatable bonds is 3. The zero-order valence-electron chi connectivity index (χ0n) is 8.00. The predicted molar refractivity (Wildman–Crippen MR) is 74.9 cm³/mol. The maximum absolute atomic E-state index is 11.1. The van der Waals surface area contributed by atoms with Gasteiger partial charge >= 0.3 is 0 Å². The zero-order valence-corrected chi connectivity index (χ0v) is 12.0. The number of hydrogen-bond donors (Lipinski definition) is 1. The number of anilines is 1. The lowest BCUT2D eigenvalue weighted by atomic mass is 10.2. The fraction of sp³-hybridized carbons (Fsp3) is 0.100. The van der Waals surface area contributed by atoms with Crippen LogP contribution in [0.3, 0.4) is 0 Å². The summed E-state index contributed by atoms with van der Waals surface area (Å²) >= 11 is 9.22. The van der Waals surface area contributed by atoms with Crippen LogP contribution >= 0.6 is 48.2 Å². The van der Waals surface area contributed by atoms with Crippen molar-refractivity contribution in [2.75, 3.05) is 5.32 Å². The molecule has 16 heavy (non-hydrogen) atoms. The Hall–Kier alpha value is -0.360. The summed E-state index contributed by atoms with van der Waals surface area (Å²) in [6, 6.07) is 7.99. The molecule has 0 aliphatic heterocycles. The van der Waals surface area contributed by atoms with E-state index < -0.39 is 0 Å². The number of hydrogen-bond acceptors (Lipinski definition) is 4. The number of nitrogens with one attached hydrogen (secondary N) is 1. The van der Waals surface area contributed by atoms with Crippen molar-refractivity contribution in [3.63, 3.8) is 0 Å². The van der Waals surface area contributed by atoms with Gasteiger partial charge in [0.05, 0.1) is 0 Å². The summed E-state index contributed by atoms with van der Waals surface area (Å²) < 4.78 is 0.972. The third-order valence-corrected chi connectivity index (χ3v) is 5.22. The summed E-state index contributed by atoms with van der Waals surface area (Å²) in [7, 11) is 2.53. The molecule has 0 aliphatic rings. The monoisotopic (exact) mass is 335 g/mol.